The first-order valence-corrected chi connectivity index (χ1v) is 12.0. The molecule has 0 spiro atoms. The second-order valence-electron chi connectivity index (χ2n) is 4.56. The van der Waals surface area contributed by atoms with Crippen molar-refractivity contribution in [2.75, 3.05) is 14.2 Å². The molecule has 7 heteroatoms. The molecule has 0 aliphatic heterocycles. The molecule has 23 heavy (non-hydrogen) atoms. The second kappa shape index (κ2) is 11.1. The zero-order valence-corrected chi connectivity index (χ0v) is 17.2. The zero-order valence-electron chi connectivity index (χ0n) is 13.1. The van der Waals surface area contributed by atoms with Crippen LogP contribution in [0.5, 0.6) is 11.5 Å². The molecule has 3 nitrogen and oxygen atoms in total. The van der Waals surface area contributed by atoms with Crippen LogP contribution in [-0.2, 0) is 17.0 Å². The van der Waals surface area contributed by atoms with E-state index in [0.29, 0.717) is 14.3 Å². The number of hydrogen-bond acceptors (Lipinski definition) is 3. The van der Waals surface area contributed by atoms with Gasteiger partial charge < -0.3 is 9.84 Å². The molecule has 1 atom stereocenters. The summed E-state index contributed by atoms with van der Waals surface area (Å²) in [7, 11) is 13.5. The Hall–Kier alpha value is -0.566. The van der Waals surface area contributed by atoms with Crippen LogP contribution >= 0.6 is 27.2 Å². The number of ether oxygens (including phenoxy) is 1. The molecule has 2 aromatic carbocycles. The van der Waals surface area contributed by atoms with Crippen LogP contribution in [0.1, 0.15) is 11.1 Å². The van der Waals surface area contributed by atoms with Crippen molar-refractivity contribution in [2.24, 2.45) is 4.99 Å². The number of aryl methyl sites for hydroxylation is 1. The zero-order chi connectivity index (χ0) is 17.2. The van der Waals surface area contributed by atoms with Gasteiger partial charge in [0.15, 0.2) is 0 Å². The van der Waals surface area contributed by atoms with Gasteiger partial charge in [0.05, 0.1) is 7.11 Å². The number of nitrogens with zero attached hydrogens (tertiary/aromatic N) is 1. The van der Waals surface area contributed by atoms with Crippen LogP contribution in [0.2, 0.25) is 0 Å². The first-order valence-electron chi connectivity index (χ1n) is 6.68. The van der Waals surface area contributed by atoms with Crippen LogP contribution < -0.4 is 15.3 Å². The van der Waals surface area contributed by atoms with E-state index in [1.54, 1.807) is 26.3 Å². The third kappa shape index (κ3) is 6.83. The van der Waals surface area contributed by atoms with Gasteiger partial charge in [0.2, 0.25) is 0 Å². The molecule has 0 fully saturated rings. The van der Waals surface area contributed by atoms with Crippen molar-refractivity contribution in [3.63, 3.8) is 0 Å². The fraction of sp³-hybridized carbons (Fsp3) is 0.188. The summed E-state index contributed by atoms with van der Waals surface area (Å²) >= 11 is -0.556. The van der Waals surface area contributed by atoms with Crippen LogP contribution in [0.3, 0.4) is 0 Å². The Bertz CT molecular complexity index is 669. The van der Waals surface area contributed by atoms with E-state index in [2.05, 4.69) is 30.1 Å². The molecule has 2 rings (SSSR count). The Kier molecular flexibility index (Phi) is 9.86. The molecule has 0 aliphatic carbocycles. The molecule has 0 aromatic heterocycles. The number of aromatic hydroxyl groups is 1. The van der Waals surface area contributed by atoms with E-state index in [9.17, 15) is 5.11 Å². The van der Waals surface area contributed by atoms with Gasteiger partial charge in [0.25, 0.3) is 0 Å². The maximum atomic E-state index is 9.98. The molecule has 0 saturated carbocycles. The van der Waals surface area contributed by atoms with Gasteiger partial charge in [-0.1, -0.05) is 26.3 Å². The molecule has 0 radical (unpaired) electrons. The fourth-order valence-corrected chi connectivity index (χ4v) is 3.09. The second-order valence-corrected chi connectivity index (χ2v) is 8.46. The molecule has 1 N–H and O–H groups in total. The summed E-state index contributed by atoms with van der Waals surface area (Å²) < 4.78 is 5.21. The third-order valence-corrected chi connectivity index (χ3v) is 4.34. The van der Waals surface area contributed by atoms with Gasteiger partial charge in [0.1, 0.15) is 11.5 Å². The molecule has 0 heterocycles. The Morgan fingerprint density at radius 2 is 1.87 bits per heavy atom. The van der Waals surface area contributed by atoms with Crippen LogP contribution in [0.25, 0.3) is 0 Å². The van der Waals surface area contributed by atoms with Gasteiger partial charge >= 0.3 is 35.6 Å². The minimum absolute atomic E-state index is 0.295. The molecular formula is C16H18Cl2NO2PTi. The normalized spacial score (nSPS) is 10.7. The van der Waals surface area contributed by atoms with Crippen molar-refractivity contribution in [3.8, 4) is 11.5 Å². The molecule has 0 aliphatic rings. The third-order valence-electron chi connectivity index (χ3n) is 2.95. The molecule has 2 aromatic rings. The Morgan fingerprint density at radius 3 is 2.48 bits per heavy atom. The number of methoxy groups -OCH3 is 1. The van der Waals surface area contributed by atoms with Crippen molar-refractivity contribution in [1.29, 1.82) is 0 Å². The molecule has 1 unspecified atom stereocenters. The summed E-state index contributed by atoms with van der Waals surface area (Å²) in [6.07, 6.45) is 1.85. The van der Waals surface area contributed by atoms with E-state index in [1.807, 2.05) is 12.3 Å². The summed E-state index contributed by atoms with van der Waals surface area (Å²) in [6.45, 7) is 2.06. The van der Waals surface area contributed by atoms with Crippen LogP contribution in [-0.4, -0.2) is 25.5 Å². The minimum atomic E-state index is -0.556. The van der Waals surface area contributed by atoms with E-state index < -0.39 is 17.0 Å². The fourth-order valence-electron chi connectivity index (χ4n) is 1.93. The maximum absolute atomic E-state index is 9.98. The van der Waals surface area contributed by atoms with Gasteiger partial charge in [-0.25, -0.2) is 0 Å². The SMILES string of the molecule is CN=Cc1cc(C)ccc1Pc1cc(OC)ccc1O.[Cl][Ti][Cl]. The first-order chi connectivity index (χ1) is 11.0. The van der Waals surface area contributed by atoms with Crippen molar-refractivity contribution in [3.05, 3.63) is 47.5 Å². The Labute approximate surface area is 155 Å². The van der Waals surface area contributed by atoms with E-state index in [-0.39, 0.29) is 0 Å². The van der Waals surface area contributed by atoms with E-state index >= 15 is 0 Å². The van der Waals surface area contributed by atoms with Gasteiger partial charge in [-0.2, -0.15) is 0 Å². The number of phenols is 1. The quantitative estimate of drug-likeness (QED) is 0.478. The summed E-state index contributed by atoms with van der Waals surface area (Å²) in [5.41, 5.74) is 2.29. The van der Waals surface area contributed by atoms with Crippen molar-refractivity contribution in [2.45, 2.75) is 6.92 Å². The van der Waals surface area contributed by atoms with Gasteiger partial charge in [-0.05, 0) is 36.5 Å². The Morgan fingerprint density at radius 1 is 1.17 bits per heavy atom. The van der Waals surface area contributed by atoms with Gasteiger partial charge in [-0.3, -0.25) is 4.99 Å². The van der Waals surface area contributed by atoms with Crippen molar-refractivity contribution >= 4 is 44.0 Å². The van der Waals surface area contributed by atoms with E-state index in [0.717, 1.165) is 21.9 Å². The van der Waals surface area contributed by atoms with Crippen LogP contribution in [0.4, 0.5) is 0 Å². The van der Waals surface area contributed by atoms with E-state index in [1.165, 1.54) is 5.56 Å². The average molecular weight is 406 g/mol. The predicted octanol–water partition coefficient (Wildman–Crippen LogP) is 3.76. The number of hydrogen-bond donors (Lipinski definition) is 1. The number of benzene rings is 2. The molecule has 122 valence electrons. The molecule has 0 amide bonds. The first kappa shape index (κ1) is 20.5. The Balaban J connectivity index is 0.000000816. The number of aliphatic imine (C=N–C) groups is 1. The molecule has 0 bridgehead atoms. The monoisotopic (exact) mass is 405 g/mol. The summed E-state index contributed by atoms with van der Waals surface area (Å²) in [4.78, 5) is 4.10. The van der Waals surface area contributed by atoms with Gasteiger partial charge in [0, 0.05) is 24.1 Å². The predicted molar refractivity (Wildman–Crippen MR) is 98.6 cm³/mol. The van der Waals surface area contributed by atoms with Crippen LogP contribution in [0.15, 0.2) is 41.4 Å². The standard InChI is InChI=1S/C16H18NO2P.2ClH.Ti/c1-11-4-7-15(12(8-11)10-17-2)20-16-9-13(19-3)5-6-14(16)18;;;/h4-10,18,20H,1-3H3;2*1H;/q;;;+2/p-2. The van der Waals surface area contributed by atoms with E-state index in [4.69, 9.17) is 23.3 Å². The molecule has 0 saturated heterocycles. The van der Waals surface area contributed by atoms with Crippen LogP contribution in [0, 0.1) is 6.92 Å². The average Bonchev–Trinajstić information content (AvgIpc) is 2.53. The summed E-state index contributed by atoms with van der Waals surface area (Å²) in [5.74, 6) is 1.05. The van der Waals surface area contributed by atoms with Gasteiger partial charge in [-0.15, -0.1) is 0 Å². The number of rotatable bonds is 4. The molecular weight excluding hydrogens is 388 g/mol. The number of phenolic OH excluding ortho intramolecular Hbond substituents is 1. The summed E-state index contributed by atoms with van der Waals surface area (Å²) in [6, 6.07) is 11.6. The number of halogens is 2. The van der Waals surface area contributed by atoms with Crippen molar-refractivity contribution in [1.82, 2.24) is 0 Å². The van der Waals surface area contributed by atoms with Crippen molar-refractivity contribution < 1.29 is 26.9 Å². The summed E-state index contributed by atoms with van der Waals surface area (Å²) in [5, 5.41) is 12.0. The topological polar surface area (TPSA) is 41.8 Å².